The first-order valence-corrected chi connectivity index (χ1v) is 8.75. The van der Waals surface area contributed by atoms with Gasteiger partial charge in [0, 0.05) is 36.8 Å². The Labute approximate surface area is 152 Å². The summed E-state index contributed by atoms with van der Waals surface area (Å²) in [4.78, 5) is 26.8. The standard InChI is InChI=1S/C19H24N4O3/c1-12(2)20-19(25)18-15-11-23(9-8-16(15)21-22-18)17(24)10-13-4-6-14(26-3)7-5-13/h4-7,12H,8-11H2,1-3H3,(H,20,25)(H,21,22). The topological polar surface area (TPSA) is 87.3 Å². The Kier molecular flexibility index (Phi) is 5.25. The Morgan fingerprint density at radius 2 is 2.04 bits per heavy atom. The van der Waals surface area contributed by atoms with Gasteiger partial charge in [0.15, 0.2) is 5.69 Å². The van der Waals surface area contributed by atoms with Crippen LogP contribution in [0.5, 0.6) is 5.75 Å². The van der Waals surface area contributed by atoms with Crippen LogP contribution in [-0.2, 0) is 24.2 Å². The number of nitrogens with one attached hydrogen (secondary N) is 2. The predicted octanol–water partition coefficient (Wildman–Crippen LogP) is 1.68. The third-order valence-corrected chi connectivity index (χ3v) is 4.44. The molecule has 26 heavy (non-hydrogen) atoms. The van der Waals surface area contributed by atoms with E-state index in [2.05, 4.69) is 15.5 Å². The van der Waals surface area contributed by atoms with Crippen molar-refractivity contribution in [2.24, 2.45) is 0 Å². The lowest BCUT2D eigenvalue weighted by atomic mass is 10.0. The monoisotopic (exact) mass is 356 g/mol. The molecule has 3 rings (SSSR count). The molecule has 0 unspecified atom stereocenters. The van der Waals surface area contributed by atoms with Gasteiger partial charge in [-0.15, -0.1) is 0 Å². The largest absolute Gasteiger partial charge is 0.497 e. The van der Waals surface area contributed by atoms with Gasteiger partial charge in [-0.1, -0.05) is 12.1 Å². The molecule has 2 aromatic rings. The zero-order chi connectivity index (χ0) is 18.7. The Balaban J connectivity index is 1.69. The SMILES string of the molecule is COc1ccc(CC(=O)N2CCc3[nH]nc(C(=O)NC(C)C)c3C2)cc1. The van der Waals surface area contributed by atoms with Crippen LogP contribution in [-0.4, -0.2) is 46.6 Å². The Morgan fingerprint density at radius 1 is 1.31 bits per heavy atom. The number of hydrogen-bond acceptors (Lipinski definition) is 4. The van der Waals surface area contributed by atoms with Gasteiger partial charge in [0.05, 0.1) is 13.5 Å². The summed E-state index contributed by atoms with van der Waals surface area (Å²) >= 11 is 0. The molecule has 138 valence electrons. The highest BCUT2D eigenvalue weighted by atomic mass is 16.5. The second-order valence-corrected chi connectivity index (χ2v) is 6.75. The van der Waals surface area contributed by atoms with Crippen LogP contribution < -0.4 is 10.1 Å². The minimum atomic E-state index is -0.207. The van der Waals surface area contributed by atoms with E-state index in [1.807, 2.05) is 38.1 Å². The number of carbonyl (C=O) groups excluding carboxylic acids is 2. The summed E-state index contributed by atoms with van der Waals surface area (Å²) < 4.78 is 5.14. The lowest BCUT2D eigenvalue weighted by molar-refractivity contribution is -0.131. The number of amides is 2. The maximum Gasteiger partial charge on any atom is 0.272 e. The number of rotatable bonds is 5. The van der Waals surface area contributed by atoms with Crippen molar-refractivity contribution in [3.8, 4) is 5.75 Å². The van der Waals surface area contributed by atoms with Crippen LogP contribution in [0, 0.1) is 0 Å². The molecule has 1 aromatic carbocycles. The lowest BCUT2D eigenvalue weighted by Gasteiger charge is -2.27. The highest BCUT2D eigenvalue weighted by molar-refractivity contribution is 5.94. The molecule has 0 saturated heterocycles. The molecule has 0 radical (unpaired) electrons. The van der Waals surface area contributed by atoms with Gasteiger partial charge in [0.2, 0.25) is 5.91 Å². The number of H-pyrrole nitrogens is 1. The van der Waals surface area contributed by atoms with Crippen molar-refractivity contribution >= 4 is 11.8 Å². The summed E-state index contributed by atoms with van der Waals surface area (Å²) in [7, 11) is 1.61. The van der Waals surface area contributed by atoms with Gasteiger partial charge in [0.1, 0.15) is 5.75 Å². The van der Waals surface area contributed by atoms with Crippen LogP contribution in [0.3, 0.4) is 0 Å². The van der Waals surface area contributed by atoms with Crippen molar-refractivity contribution in [3.05, 3.63) is 46.8 Å². The molecule has 0 fully saturated rings. The van der Waals surface area contributed by atoms with Crippen molar-refractivity contribution in [1.82, 2.24) is 20.4 Å². The second kappa shape index (κ2) is 7.59. The van der Waals surface area contributed by atoms with E-state index in [4.69, 9.17) is 4.74 Å². The minimum Gasteiger partial charge on any atom is -0.497 e. The van der Waals surface area contributed by atoms with Crippen LogP contribution in [0.25, 0.3) is 0 Å². The zero-order valence-corrected chi connectivity index (χ0v) is 15.3. The first-order valence-electron chi connectivity index (χ1n) is 8.75. The van der Waals surface area contributed by atoms with E-state index in [1.165, 1.54) is 0 Å². The molecule has 0 spiro atoms. The van der Waals surface area contributed by atoms with Gasteiger partial charge in [-0.25, -0.2) is 0 Å². The van der Waals surface area contributed by atoms with E-state index < -0.39 is 0 Å². The molecule has 0 aliphatic carbocycles. The van der Waals surface area contributed by atoms with E-state index in [1.54, 1.807) is 12.0 Å². The summed E-state index contributed by atoms with van der Waals surface area (Å²) in [5.41, 5.74) is 3.08. The molecular weight excluding hydrogens is 332 g/mol. The highest BCUT2D eigenvalue weighted by Crippen LogP contribution is 2.21. The van der Waals surface area contributed by atoms with Crippen molar-refractivity contribution in [2.45, 2.75) is 39.3 Å². The fourth-order valence-electron chi connectivity index (χ4n) is 3.06. The average molecular weight is 356 g/mol. The smallest absolute Gasteiger partial charge is 0.272 e. The number of methoxy groups -OCH3 is 1. The predicted molar refractivity (Wildman–Crippen MR) is 97.0 cm³/mol. The number of aromatic nitrogens is 2. The number of ether oxygens (including phenoxy) is 1. The third kappa shape index (κ3) is 3.87. The van der Waals surface area contributed by atoms with E-state index in [0.717, 1.165) is 22.6 Å². The number of benzene rings is 1. The van der Waals surface area contributed by atoms with Crippen LogP contribution in [0.2, 0.25) is 0 Å². The fraction of sp³-hybridized carbons (Fsp3) is 0.421. The van der Waals surface area contributed by atoms with Gasteiger partial charge in [-0.2, -0.15) is 5.10 Å². The van der Waals surface area contributed by atoms with Crippen LogP contribution in [0.1, 0.15) is 41.2 Å². The summed E-state index contributed by atoms with van der Waals surface area (Å²) in [5, 5.41) is 9.95. The summed E-state index contributed by atoms with van der Waals surface area (Å²) in [6.07, 6.45) is 0.996. The number of aromatic amines is 1. The number of hydrogen-bond donors (Lipinski definition) is 2. The van der Waals surface area contributed by atoms with Crippen molar-refractivity contribution in [2.75, 3.05) is 13.7 Å². The molecule has 2 amide bonds. The fourth-order valence-corrected chi connectivity index (χ4v) is 3.06. The maximum absolute atomic E-state index is 12.7. The summed E-state index contributed by atoms with van der Waals surface area (Å²) in [6, 6.07) is 7.52. The second-order valence-electron chi connectivity index (χ2n) is 6.75. The number of carbonyl (C=O) groups is 2. The van der Waals surface area contributed by atoms with Crippen LogP contribution in [0.15, 0.2) is 24.3 Å². The molecule has 0 bridgehead atoms. The molecular formula is C19H24N4O3. The first-order chi connectivity index (χ1) is 12.5. The lowest BCUT2D eigenvalue weighted by Crippen LogP contribution is -2.38. The van der Waals surface area contributed by atoms with Gasteiger partial charge in [0.25, 0.3) is 5.91 Å². The van der Waals surface area contributed by atoms with Crippen LogP contribution in [0.4, 0.5) is 0 Å². The van der Waals surface area contributed by atoms with E-state index >= 15 is 0 Å². The molecule has 2 heterocycles. The molecule has 0 saturated carbocycles. The first kappa shape index (κ1) is 18.0. The quantitative estimate of drug-likeness (QED) is 0.853. The van der Waals surface area contributed by atoms with E-state index in [0.29, 0.717) is 31.6 Å². The van der Waals surface area contributed by atoms with Crippen molar-refractivity contribution in [1.29, 1.82) is 0 Å². The molecule has 7 nitrogen and oxygen atoms in total. The van der Waals surface area contributed by atoms with Crippen LogP contribution >= 0.6 is 0 Å². The van der Waals surface area contributed by atoms with Crippen molar-refractivity contribution < 1.29 is 14.3 Å². The molecule has 2 N–H and O–H groups in total. The van der Waals surface area contributed by atoms with E-state index in [-0.39, 0.29) is 17.9 Å². The maximum atomic E-state index is 12.7. The highest BCUT2D eigenvalue weighted by Gasteiger charge is 2.27. The molecule has 7 heteroatoms. The molecule has 1 aliphatic heterocycles. The van der Waals surface area contributed by atoms with Crippen molar-refractivity contribution in [3.63, 3.8) is 0 Å². The third-order valence-electron chi connectivity index (χ3n) is 4.44. The summed E-state index contributed by atoms with van der Waals surface area (Å²) in [6.45, 7) is 4.83. The Morgan fingerprint density at radius 3 is 2.69 bits per heavy atom. The average Bonchev–Trinajstić information content (AvgIpc) is 3.05. The van der Waals surface area contributed by atoms with Gasteiger partial charge in [-0.3, -0.25) is 14.7 Å². The Hall–Kier alpha value is -2.83. The normalized spacial score (nSPS) is 13.5. The van der Waals surface area contributed by atoms with Gasteiger partial charge in [-0.05, 0) is 31.5 Å². The minimum absolute atomic E-state index is 0.0336. The van der Waals surface area contributed by atoms with Gasteiger partial charge < -0.3 is 15.0 Å². The molecule has 0 atom stereocenters. The zero-order valence-electron chi connectivity index (χ0n) is 15.3. The van der Waals surface area contributed by atoms with Gasteiger partial charge >= 0.3 is 0 Å². The summed E-state index contributed by atoms with van der Waals surface area (Å²) in [5.74, 6) is 0.599. The van der Waals surface area contributed by atoms with E-state index in [9.17, 15) is 9.59 Å². The molecule has 1 aromatic heterocycles. The number of nitrogens with zero attached hydrogens (tertiary/aromatic N) is 2. The number of fused-ring (bicyclic) bond motifs is 1. The Bertz CT molecular complexity index is 796. The molecule has 1 aliphatic rings.